The van der Waals surface area contributed by atoms with E-state index < -0.39 is 11.5 Å². The molecule has 3 rings (SSSR count). The molecule has 2 N–H and O–H groups in total. The number of amides is 1. The zero-order valence-corrected chi connectivity index (χ0v) is 17.0. The van der Waals surface area contributed by atoms with Crippen LogP contribution in [0.15, 0.2) is 70.7 Å². The number of hydrogen-bond acceptors (Lipinski definition) is 5. The molecule has 0 saturated carbocycles. The van der Waals surface area contributed by atoms with Crippen LogP contribution in [-0.4, -0.2) is 28.4 Å². The number of aromatic hydroxyl groups is 1. The van der Waals surface area contributed by atoms with Crippen LogP contribution in [0.25, 0.3) is 0 Å². The summed E-state index contributed by atoms with van der Waals surface area (Å²) in [7, 11) is 0. The van der Waals surface area contributed by atoms with E-state index in [9.17, 15) is 14.7 Å². The number of hydrogen-bond donors (Lipinski definition) is 2. The molecule has 154 valence electrons. The van der Waals surface area contributed by atoms with Gasteiger partial charge in [0.15, 0.2) is 11.5 Å². The summed E-state index contributed by atoms with van der Waals surface area (Å²) < 4.78 is 6.71. The first kappa shape index (κ1) is 21.1. The summed E-state index contributed by atoms with van der Waals surface area (Å²) in [4.78, 5) is 25.1. The highest BCUT2D eigenvalue weighted by Crippen LogP contribution is 2.28. The summed E-state index contributed by atoms with van der Waals surface area (Å²) in [6, 6.07) is 15.1. The number of benzene rings is 2. The topological polar surface area (TPSA) is 92.9 Å². The van der Waals surface area contributed by atoms with Gasteiger partial charge in [-0.05, 0) is 42.8 Å². The van der Waals surface area contributed by atoms with E-state index in [0.29, 0.717) is 22.9 Å². The number of nitrogens with one attached hydrogen (secondary N) is 1. The van der Waals surface area contributed by atoms with Gasteiger partial charge >= 0.3 is 0 Å². The number of ether oxygens (including phenoxy) is 1. The average molecular weight is 426 g/mol. The molecular weight excluding hydrogens is 406 g/mol. The van der Waals surface area contributed by atoms with Crippen LogP contribution in [0.4, 0.5) is 0 Å². The first-order valence-electron chi connectivity index (χ1n) is 9.22. The van der Waals surface area contributed by atoms with Crippen molar-refractivity contribution in [1.29, 1.82) is 0 Å². The van der Waals surface area contributed by atoms with Crippen LogP contribution in [-0.2, 0) is 6.54 Å². The van der Waals surface area contributed by atoms with E-state index in [0.717, 1.165) is 5.56 Å². The molecule has 0 fully saturated rings. The van der Waals surface area contributed by atoms with Crippen molar-refractivity contribution in [1.82, 2.24) is 9.99 Å². The quantitative estimate of drug-likeness (QED) is 0.448. The third-order valence-corrected chi connectivity index (χ3v) is 4.63. The normalized spacial score (nSPS) is 10.9. The molecule has 8 heteroatoms. The van der Waals surface area contributed by atoms with Gasteiger partial charge in [0.1, 0.15) is 5.56 Å². The van der Waals surface area contributed by atoms with Gasteiger partial charge in [0.25, 0.3) is 11.5 Å². The van der Waals surface area contributed by atoms with Crippen LogP contribution in [0, 0.1) is 0 Å². The molecule has 0 aliphatic carbocycles. The second-order valence-corrected chi connectivity index (χ2v) is 6.68. The first-order chi connectivity index (χ1) is 14.5. The number of aromatic nitrogens is 1. The second-order valence-electron chi connectivity index (χ2n) is 6.27. The molecule has 0 radical (unpaired) electrons. The van der Waals surface area contributed by atoms with Crippen LogP contribution >= 0.6 is 11.6 Å². The fourth-order valence-corrected chi connectivity index (χ4v) is 2.98. The van der Waals surface area contributed by atoms with Gasteiger partial charge in [-0.3, -0.25) is 9.59 Å². The Morgan fingerprint density at radius 2 is 2.00 bits per heavy atom. The van der Waals surface area contributed by atoms with Crippen molar-refractivity contribution in [2.45, 2.75) is 13.5 Å². The third kappa shape index (κ3) is 4.87. The van der Waals surface area contributed by atoms with Crippen molar-refractivity contribution in [3.63, 3.8) is 0 Å². The number of pyridine rings is 1. The van der Waals surface area contributed by atoms with E-state index >= 15 is 0 Å². The molecule has 0 unspecified atom stereocenters. The Morgan fingerprint density at radius 1 is 1.20 bits per heavy atom. The lowest BCUT2D eigenvalue weighted by molar-refractivity contribution is 0.0953. The summed E-state index contributed by atoms with van der Waals surface area (Å²) >= 11 is 6.16. The molecule has 30 heavy (non-hydrogen) atoms. The molecule has 0 bridgehead atoms. The highest BCUT2D eigenvalue weighted by atomic mass is 35.5. The van der Waals surface area contributed by atoms with E-state index in [1.165, 1.54) is 16.8 Å². The zero-order valence-electron chi connectivity index (χ0n) is 16.2. The number of phenols is 1. The number of phenolic OH excluding ortho intramolecular Hbond substituents is 1. The number of halogens is 1. The lowest BCUT2D eigenvalue weighted by Crippen LogP contribution is -2.31. The Hall–Kier alpha value is -3.58. The van der Waals surface area contributed by atoms with E-state index in [1.54, 1.807) is 49.5 Å². The molecule has 0 spiro atoms. The lowest BCUT2D eigenvalue weighted by atomic mass is 10.2. The van der Waals surface area contributed by atoms with Crippen molar-refractivity contribution in [2.75, 3.05) is 6.61 Å². The van der Waals surface area contributed by atoms with Crippen LogP contribution < -0.4 is 15.7 Å². The summed E-state index contributed by atoms with van der Waals surface area (Å²) in [5, 5.41) is 14.5. The summed E-state index contributed by atoms with van der Waals surface area (Å²) in [5.41, 5.74) is 2.91. The highest BCUT2D eigenvalue weighted by Gasteiger charge is 2.13. The molecule has 1 amide bonds. The largest absolute Gasteiger partial charge is 0.504 e. The maximum Gasteiger partial charge on any atom is 0.276 e. The first-order valence-corrected chi connectivity index (χ1v) is 9.60. The predicted molar refractivity (Wildman–Crippen MR) is 116 cm³/mol. The fourth-order valence-electron chi connectivity index (χ4n) is 2.78. The smallest absolute Gasteiger partial charge is 0.276 e. The maximum atomic E-state index is 12.7. The number of rotatable bonds is 7. The monoisotopic (exact) mass is 425 g/mol. The van der Waals surface area contributed by atoms with Gasteiger partial charge in [-0.15, -0.1) is 0 Å². The Labute approximate surface area is 178 Å². The fraction of sp³-hybridized carbons (Fsp3) is 0.136. The molecule has 1 heterocycles. The lowest BCUT2D eigenvalue weighted by Gasteiger charge is -2.09. The van der Waals surface area contributed by atoms with Gasteiger partial charge < -0.3 is 14.4 Å². The van der Waals surface area contributed by atoms with Gasteiger partial charge in [-0.25, -0.2) is 5.43 Å². The van der Waals surface area contributed by atoms with Crippen molar-refractivity contribution < 1.29 is 14.6 Å². The average Bonchev–Trinajstić information content (AvgIpc) is 2.74. The molecule has 0 aliphatic rings. The Morgan fingerprint density at radius 3 is 2.77 bits per heavy atom. The molecule has 3 aromatic rings. The number of nitrogens with zero attached hydrogens (tertiary/aromatic N) is 2. The molecule has 1 aromatic heterocycles. The molecule has 0 atom stereocenters. The maximum absolute atomic E-state index is 12.7. The van der Waals surface area contributed by atoms with Gasteiger partial charge in [0.05, 0.1) is 19.4 Å². The van der Waals surface area contributed by atoms with Crippen molar-refractivity contribution in [3.8, 4) is 11.5 Å². The van der Waals surface area contributed by atoms with Gasteiger partial charge in [0, 0.05) is 16.8 Å². The number of carbonyl (C=O) groups is 1. The van der Waals surface area contributed by atoms with E-state index in [2.05, 4.69) is 10.5 Å². The Bertz CT molecular complexity index is 1140. The SMILES string of the molecule is CCOc1cccc(/C=N\NC(=O)c2cccn(Cc3ccccc3Cl)c2=O)c1O. The number of carbonyl (C=O) groups excluding carboxylic acids is 1. The second kappa shape index (κ2) is 9.76. The van der Waals surface area contributed by atoms with Crippen LogP contribution in [0.3, 0.4) is 0 Å². The van der Waals surface area contributed by atoms with Crippen LogP contribution in [0.2, 0.25) is 5.02 Å². The molecule has 0 saturated heterocycles. The Kier molecular flexibility index (Phi) is 6.87. The minimum Gasteiger partial charge on any atom is -0.504 e. The summed E-state index contributed by atoms with van der Waals surface area (Å²) in [6.45, 7) is 2.44. The van der Waals surface area contributed by atoms with E-state index in [1.807, 2.05) is 12.1 Å². The number of para-hydroxylation sites is 1. The third-order valence-electron chi connectivity index (χ3n) is 4.26. The number of hydrazone groups is 1. The van der Waals surface area contributed by atoms with Crippen LogP contribution in [0.1, 0.15) is 28.4 Å². The molecular formula is C22H20ClN3O4. The zero-order chi connectivity index (χ0) is 21.5. The minimum atomic E-state index is -0.662. The van der Waals surface area contributed by atoms with Crippen molar-refractivity contribution in [3.05, 3.63) is 92.9 Å². The standard InChI is InChI=1S/C22H20ClN3O4/c1-2-30-19-11-5-8-15(20(19)27)13-24-25-21(28)17-9-6-12-26(22(17)29)14-16-7-3-4-10-18(16)23/h3-13,27H,2,14H2,1H3,(H,25,28)/b24-13-. The van der Waals surface area contributed by atoms with Gasteiger partial charge in [-0.1, -0.05) is 35.9 Å². The summed E-state index contributed by atoms with van der Waals surface area (Å²) in [6.07, 6.45) is 2.87. The van der Waals surface area contributed by atoms with Crippen molar-refractivity contribution in [2.24, 2.45) is 5.10 Å². The highest BCUT2D eigenvalue weighted by molar-refractivity contribution is 6.31. The van der Waals surface area contributed by atoms with E-state index in [-0.39, 0.29) is 17.9 Å². The van der Waals surface area contributed by atoms with Gasteiger partial charge in [-0.2, -0.15) is 5.10 Å². The van der Waals surface area contributed by atoms with Crippen molar-refractivity contribution >= 4 is 23.7 Å². The molecule has 0 aliphatic heterocycles. The Balaban J connectivity index is 1.75. The van der Waals surface area contributed by atoms with E-state index in [4.69, 9.17) is 16.3 Å². The predicted octanol–water partition coefficient (Wildman–Crippen LogP) is 3.42. The molecule has 7 nitrogen and oxygen atoms in total. The van der Waals surface area contributed by atoms with Gasteiger partial charge in [0.2, 0.25) is 0 Å². The molecule has 2 aromatic carbocycles. The summed E-state index contributed by atoms with van der Waals surface area (Å²) in [5.74, 6) is -0.428. The van der Waals surface area contributed by atoms with Crippen LogP contribution in [0.5, 0.6) is 11.5 Å². The minimum absolute atomic E-state index is 0.0611.